The molecule has 0 heterocycles. The van der Waals surface area contributed by atoms with Gasteiger partial charge in [0.05, 0.1) is 0 Å². The molecule has 0 fully saturated rings. The zero-order chi connectivity index (χ0) is 6.78. The van der Waals surface area contributed by atoms with E-state index in [9.17, 15) is 0 Å². The number of hydrogen-bond donors (Lipinski definition) is 1. The van der Waals surface area contributed by atoms with Crippen molar-refractivity contribution in [2.75, 3.05) is 0 Å². The highest BCUT2D eigenvalue weighted by Crippen LogP contribution is 2.22. The van der Waals surface area contributed by atoms with Crippen LogP contribution in [-0.2, 0) is 0 Å². The minimum absolute atomic E-state index is 0.446. The summed E-state index contributed by atoms with van der Waals surface area (Å²) in [6.45, 7) is 8.84. The molecule has 0 unspecified atom stereocenters. The molecule has 0 rings (SSSR count). The molecule has 1 heteroatoms. The molecule has 0 saturated heterocycles. The summed E-state index contributed by atoms with van der Waals surface area (Å²) in [5, 5.41) is 0.537. The molecule has 1 atom stereocenters. The summed E-state index contributed by atoms with van der Waals surface area (Å²) in [5.74, 6) is 0. The Balaban J connectivity index is 3.39. The summed E-state index contributed by atoms with van der Waals surface area (Å²) >= 11 is 4.29. The molecule has 0 amide bonds. The third-order valence-electron chi connectivity index (χ3n) is 0.908. The first kappa shape index (κ1) is 8.35. The Morgan fingerprint density at radius 2 is 1.75 bits per heavy atom. The Morgan fingerprint density at radius 1 is 1.38 bits per heavy atom. The molecule has 0 aliphatic carbocycles. The fourth-order valence-electron chi connectivity index (χ4n) is 0.886. The van der Waals surface area contributed by atoms with Crippen molar-refractivity contribution in [2.45, 2.75) is 39.4 Å². The van der Waals surface area contributed by atoms with Gasteiger partial charge in [-0.2, -0.15) is 12.6 Å². The second kappa shape index (κ2) is 2.77. The predicted molar refractivity (Wildman–Crippen MR) is 42.5 cm³/mol. The Hall–Kier alpha value is 0.350. The third kappa shape index (κ3) is 6.35. The summed E-state index contributed by atoms with van der Waals surface area (Å²) in [6, 6.07) is 0. The van der Waals surface area contributed by atoms with Gasteiger partial charge >= 0.3 is 0 Å². The van der Waals surface area contributed by atoms with Crippen LogP contribution >= 0.6 is 12.6 Å². The van der Waals surface area contributed by atoms with Crippen molar-refractivity contribution in [1.29, 1.82) is 0 Å². The van der Waals surface area contributed by atoms with Crippen LogP contribution < -0.4 is 0 Å². The van der Waals surface area contributed by atoms with E-state index in [1.807, 2.05) is 0 Å². The van der Waals surface area contributed by atoms with Gasteiger partial charge in [-0.15, -0.1) is 0 Å². The Labute approximate surface area is 58.1 Å². The van der Waals surface area contributed by atoms with Gasteiger partial charge in [-0.3, -0.25) is 0 Å². The van der Waals surface area contributed by atoms with E-state index in [4.69, 9.17) is 0 Å². The van der Waals surface area contributed by atoms with E-state index in [0.29, 0.717) is 10.7 Å². The molecule has 0 aliphatic rings. The van der Waals surface area contributed by atoms with Crippen molar-refractivity contribution in [1.82, 2.24) is 0 Å². The largest absolute Gasteiger partial charge is 0.176 e. The Morgan fingerprint density at radius 3 is 1.75 bits per heavy atom. The van der Waals surface area contributed by atoms with E-state index in [1.54, 1.807) is 0 Å². The summed E-state index contributed by atoms with van der Waals surface area (Å²) < 4.78 is 0. The van der Waals surface area contributed by atoms with Gasteiger partial charge in [-0.05, 0) is 17.1 Å². The smallest absolute Gasteiger partial charge is 0.000661 e. The fourth-order valence-corrected chi connectivity index (χ4v) is 1.43. The van der Waals surface area contributed by atoms with Crippen molar-refractivity contribution in [2.24, 2.45) is 5.41 Å². The number of thiol groups is 1. The van der Waals surface area contributed by atoms with Crippen LogP contribution in [-0.4, -0.2) is 5.25 Å². The lowest BCUT2D eigenvalue weighted by Gasteiger charge is -2.19. The highest BCUT2D eigenvalue weighted by molar-refractivity contribution is 7.80. The fraction of sp³-hybridized carbons (Fsp3) is 1.00. The van der Waals surface area contributed by atoms with Gasteiger partial charge in [0.1, 0.15) is 0 Å². The van der Waals surface area contributed by atoms with Gasteiger partial charge in [0.25, 0.3) is 0 Å². The summed E-state index contributed by atoms with van der Waals surface area (Å²) in [7, 11) is 0. The second-order valence-corrected chi connectivity index (χ2v) is 4.50. The minimum Gasteiger partial charge on any atom is -0.176 e. The summed E-state index contributed by atoms with van der Waals surface area (Å²) in [4.78, 5) is 0. The average molecular weight is 132 g/mol. The lowest BCUT2D eigenvalue weighted by Crippen LogP contribution is -2.10. The van der Waals surface area contributed by atoms with E-state index < -0.39 is 0 Å². The van der Waals surface area contributed by atoms with Crippen LogP contribution in [0.4, 0.5) is 0 Å². The van der Waals surface area contributed by atoms with Crippen LogP contribution in [0.25, 0.3) is 0 Å². The first-order chi connectivity index (χ1) is 3.42. The van der Waals surface area contributed by atoms with Gasteiger partial charge in [0, 0.05) is 0 Å². The van der Waals surface area contributed by atoms with Crippen molar-refractivity contribution >= 4 is 12.6 Å². The van der Waals surface area contributed by atoms with Gasteiger partial charge in [-0.25, -0.2) is 0 Å². The SMILES string of the molecule is C[C@H](S)CC(C)(C)C. The maximum atomic E-state index is 4.29. The van der Waals surface area contributed by atoms with E-state index in [1.165, 1.54) is 6.42 Å². The van der Waals surface area contributed by atoms with Crippen LogP contribution in [0.2, 0.25) is 0 Å². The van der Waals surface area contributed by atoms with E-state index in [2.05, 4.69) is 40.3 Å². The van der Waals surface area contributed by atoms with Crippen LogP contribution in [0.3, 0.4) is 0 Å². The molecule has 0 aliphatic heterocycles. The molecule has 8 heavy (non-hydrogen) atoms. The molecule has 0 saturated carbocycles. The normalized spacial score (nSPS) is 16.1. The number of rotatable bonds is 1. The molecular formula is C7H16S. The molecule has 0 spiro atoms. The quantitative estimate of drug-likeness (QED) is 0.521. The third-order valence-corrected chi connectivity index (χ3v) is 1.09. The van der Waals surface area contributed by atoms with Gasteiger partial charge in [0.2, 0.25) is 0 Å². The van der Waals surface area contributed by atoms with Gasteiger partial charge in [-0.1, -0.05) is 27.7 Å². The van der Waals surface area contributed by atoms with Crippen molar-refractivity contribution in [3.63, 3.8) is 0 Å². The van der Waals surface area contributed by atoms with E-state index in [-0.39, 0.29) is 0 Å². The van der Waals surface area contributed by atoms with Crippen molar-refractivity contribution in [3.05, 3.63) is 0 Å². The maximum Gasteiger partial charge on any atom is -0.000661 e. The Bertz CT molecular complexity index is 59.3. The molecule has 0 aromatic rings. The first-order valence-corrected chi connectivity index (χ1v) is 3.61. The first-order valence-electron chi connectivity index (χ1n) is 3.10. The maximum absolute atomic E-state index is 4.29. The van der Waals surface area contributed by atoms with Crippen molar-refractivity contribution in [3.8, 4) is 0 Å². The predicted octanol–water partition coefficient (Wildman–Crippen LogP) is 2.74. The molecular weight excluding hydrogens is 116 g/mol. The lowest BCUT2D eigenvalue weighted by atomic mass is 9.91. The summed E-state index contributed by atoms with van der Waals surface area (Å²) in [6.07, 6.45) is 1.19. The zero-order valence-corrected chi connectivity index (χ0v) is 7.13. The molecule has 0 nitrogen and oxygen atoms in total. The standard InChI is InChI=1S/C7H16S/c1-6(8)5-7(2,3)4/h6,8H,5H2,1-4H3/t6-/m0/s1. The zero-order valence-electron chi connectivity index (χ0n) is 6.23. The molecule has 50 valence electrons. The molecule has 0 radical (unpaired) electrons. The molecule has 0 aromatic heterocycles. The van der Waals surface area contributed by atoms with Crippen LogP contribution in [0, 0.1) is 5.41 Å². The van der Waals surface area contributed by atoms with E-state index >= 15 is 0 Å². The van der Waals surface area contributed by atoms with Crippen LogP contribution in [0.15, 0.2) is 0 Å². The minimum atomic E-state index is 0.446. The van der Waals surface area contributed by atoms with Crippen LogP contribution in [0.1, 0.15) is 34.1 Å². The highest BCUT2D eigenvalue weighted by atomic mass is 32.1. The van der Waals surface area contributed by atoms with E-state index in [0.717, 1.165) is 0 Å². The molecule has 0 N–H and O–H groups in total. The van der Waals surface area contributed by atoms with Gasteiger partial charge in [0.15, 0.2) is 0 Å². The van der Waals surface area contributed by atoms with Gasteiger partial charge < -0.3 is 0 Å². The molecule has 0 aromatic carbocycles. The average Bonchev–Trinajstić information content (AvgIpc) is 1.21. The second-order valence-electron chi connectivity index (χ2n) is 3.61. The molecule has 0 bridgehead atoms. The lowest BCUT2D eigenvalue weighted by molar-refractivity contribution is 0.379. The van der Waals surface area contributed by atoms with Crippen molar-refractivity contribution < 1.29 is 0 Å². The Kier molecular flexibility index (Phi) is 2.89. The highest BCUT2D eigenvalue weighted by Gasteiger charge is 2.11. The topological polar surface area (TPSA) is 0 Å². The summed E-state index contributed by atoms with van der Waals surface area (Å²) in [5.41, 5.74) is 0.446. The van der Waals surface area contributed by atoms with Crippen LogP contribution in [0.5, 0.6) is 0 Å². The monoisotopic (exact) mass is 132 g/mol. The number of hydrogen-bond acceptors (Lipinski definition) is 1.